The molecule has 0 aliphatic heterocycles. The Morgan fingerprint density at radius 3 is 2.91 bits per heavy atom. The molecule has 3 rings (SSSR count). The van der Waals surface area contributed by atoms with Gasteiger partial charge in [0.1, 0.15) is 18.9 Å². The fourth-order valence-corrected chi connectivity index (χ4v) is 2.28. The third kappa shape index (κ3) is 3.15. The number of amides is 1. The monoisotopic (exact) mass is 311 g/mol. The molecule has 0 aliphatic carbocycles. The lowest BCUT2D eigenvalue weighted by Gasteiger charge is -2.09. The second-order valence-corrected chi connectivity index (χ2v) is 5.03. The van der Waals surface area contributed by atoms with Crippen molar-refractivity contribution < 1.29 is 9.72 Å². The van der Waals surface area contributed by atoms with Crippen molar-refractivity contribution in [2.24, 2.45) is 0 Å². The van der Waals surface area contributed by atoms with E-state index in [4.69, 9.17) is 0 Å². The predicted octanol–water partition coefficient (Wildman–Crippen LogP) is 2.29. The summed E-state index contributed by atoms with van der Waals surface area (Å²) in [4.78, 5) is 26.6. The molecule has 3 aromatic rings. The van der Waals surface area contributed by atoms with Gasteiger partial charge >= 0.3 is 5.69 Å². The second kappa shape index (κ2) is 5.84. The largest absolute Gasteiger partial charge is 0.324 e. The van der Waals surface area contributed by atoms with Gasteiger partial charge in [0.05, 0.1) is 16.1 Å². The summed E-state index contributed by atoms with van der Waals surface area (Å²) < 4.78 is 1.23. The van der Waals surface area contributed by atoms with Gasteiger partial charge in [0.15, 0.2) is 0 Å². The summed E-state index contributed by atoms with van der Waals surface area (Å²) in [6.45, 7) is 1.74. The molecule has 0 atom stereocenters. The zero-order valence-corrected chi connectivity index (χ0v) is 12.3. The van der Waals surface area contributed by atoms with Gasteiger partial charge in [0.25, 0.3) is 0 Å². The van der Waals surface area contributed by atoms with Crippen molar-refractivity contribution in [3.63, 3.8) is 0 Å². The molecule has 1 aromatic carbocycles. The van der Waals surface area contributed by atoms with Crippen LogP contribution in [-0.4, -0.2) is 25.6 Å². The van der Waals surface area contributed by atoms with E-state index < -0.39 is 4.92 Å². The third-order valence-corrected chi connectivity index (χ3v) is 3.25. The smallest absolute Gasteiger partial charge is 0.307 e. The summed E-state index contributed by atoms with van der Waals surface area (Å²) in [5.41, 5.74) is 2.08. The molecule has 23 heavy (non-hydrogen) atoms. The molecule has 1 N–H and O–H groups in total. The number of pyridine rings is 1. The summed E-state index contributed by atoms with van der Waals surface area (Å²) in [5.74, 6) is -0.321. The molecule has 0 fully saturated rings. The van der Waals surface area contributed by atoms with Crippen molar-refractivity contribution in [3.05, 3.63) is 58.5 Å². The number of aryl methyl sites for hydroxylation is 1. The highest BCUT2D eigenvalue weighted by atomic mass is 16.6. The minimum absolute atomic E-state index is 0.108. The van der Waals surface area contributed by atoms with Crippen LogP contribution in [-0.2, 0) is 11.3 Å². The first-order chi connectivity index (χ1) is 11.0. The van der Waals surface area contributed by atoms with Crippen LogP contribution in [0.2, 0.25) is 0 Å². The molecule has 0 bridgehead atoms. The van der Waals surface area contributed by atoms with Gasteiger partial charge in [-0.3, -0.25) is 24.6 Å². The van der Waals surface area contributed by atoms with E-state index in [2.05, 4.69) is 15.4 Å². The highest BCUT2D eigenvalue weighted by Crippen LogP contribution is 2.22. The summed E-state index contributed by atoms with van der Waals surface area (Å²) in [6.07, 6.45) is 2.33. The summed E-state index contributed by atoms with van der Waals surface area (Å²) in [6, 6.07) is 9.27. The summed E-state index contributed by atoms with van der Waals surface area (Å²) in [5, 5.41) is 18.1. The molecule has 0 spiro atoms. The fraction of sp³-hybridized carbons (Fsp3) is 0.133. The van der Waals surface area contributed by atoms with Gasteiger partial charge in [-0.15, -0.1) is 0 Å². The number of nitrogens with zero attached hydrogens (tertiary/aromatic N) is 4. The van der Waals surface area contributed by atoms with E-state index in [1.807, 2.05) is 31.2 Å². The minimum atomic E-state index is -0.554. The van der Waals surface area contributed by atoms with Crippen molar-refractivity contribution in [3.8, 4) is 0 Å². The molecule has 0 saturated heterocycles. The van der Waals surface area contributed by atoms with E-state index in [9.17, 15) is 14.9 Å². The molecule has 0 saturated carbocycles. The number of carbonyl (C=O) groups excluding carboxylic acids is 1. The number of hydrogen-bond acceptors (Lipinski definition) is 5. The van der Waals surface area contributed by atoms with Crippen LogP contribution in [0.5, 0.6) is 0 Å². The lowest BCUT2D eigenvalue weighted by atomic mass is 10.1. The Hall–Kier alpha value is -3.29. The van der Waals surface area contributed by atoms with Crippen LogP contribution in [0.1, 0.15) is 5.69 Å². The Morgan fingerprint density at radius 2 is 2.17 bits per heavy atom. The molecular weight excluding hydrogens is 298 g/mol. The van der Waals surface area contributed by atoms with E-state index >= 15 is 0 Å². The van der Waals surface area contributed by atoms with Gasteiger partial charge in [-0.05, 0) is 19.1 Å². The lowest BCUT2D eigenvalue weighted by molar-refractivity contribution is -0.385. The van der Waals surface area contributed by atoms with Crippen molar-refractivity contribution >= 4 is 28.2 Å². The predicted molar refractivity (Wildman–Crippen MR) is 84.0 cm³/mol. The van der Waals surface area contributed by atoms with Crippen LogP contribution < -0.4 is 5.32 Å². The fourth-order valence-electron chi connectivity index (χ4n) is 2.28. The molecule has 116 valence electrons. The van der Waals surface area contributed by atoms with Gasteiger partial charge in [0, 0.05) is 11.1 Å². The molecule has 2 heterocycles. The number of nitro groups is 1. The van der Waals surface area contributed by atoms with Crippen LogP contribution >= 0.6 is 0 Å². The Morgan fingerprint density at radius 1 is 1.39 bits per heavy atom. The van der Waals surface area contributed by atoms with Crippen LogP contribution in [0.4, 0.5) is 11.4 Å². The first-order valence-electron chi connectivity index (χ1n) is 6.86. The SMILES string of the molecule is Cc1cc(NC(=O)Cn2cc([N+](=O)[O-])cn2)c2ccccc2n1. The molecule has 2 aromatic heterocycles. The Balaban J connectivity index is 1.81. The highest BCUT2D eigenvalue weighted by molar-refractivity contribution is 6.00. The zero-order chi connectivity index (χ0) is 16.4. The maximum Gasteiger partial charge on any atom is 0.307 e. The maximum atomic E-state index is 12.2. The van der Waals surface area contributed by atoms with Gasteiger partial charge in [0.2, 0.25) is 5.91 Å². The normalized spacial score (nSPS) is 10.7. The van der Waals surface area contributed by atoms with E-state index in [-0.39, 0.29) is 18.1 Å². The number of carbonyl (C=O) groups is 1. The number of fused-ring (bicyclic) bond motifs is 1. The Bertz CT molecular complexity index is 903. The average molecular weight is 311 g/mol. The number of hydrogen-bond donors (Lipinski definition) is 1. The molecular formula is C15H13N5O3. The minimum Gasteiger partial charge on any atom is -0.324 e. The molecule has 0 unspecified atom stereocenters. The van der Waals surface area contributed by atoms with Crippen molar-refractivity contribution in [2.45, 2.75) is 13.5 Å². The summed E-state index contributed by atoms with van der Waals surface area (Å²) >= 11 is 0. The quantitative estimate of drug-likeness (QED) is 0.588. The van der Waals surface area contributed by atoms with Crippen LogP contribution in [0.25, 0.3) is 10.9 Å². The van der Waals surface area contributed by atoms with Crippen molar-refractivity contribution in [1.29, 1.82) is 0 Å². The van der Waals surface area contributed by atoms with Crippen LogP contribution in [0, 0.1) is 17.0 Å². The van der Waals surface area contributed by atoms with Gasteiger partial charge in [-0.1, -0.05) is 18.2 Å². The van der Waals surface area contributed by atoms with Crippen molar-refractivity contribution in [2.75, 3.05) is 5.32 Å². The van der Waals surface area contributed by atoms with Crippen molar-refractivity contribution in [1.82, 2.24) is 14.8 Å². The number of aromatic nitrogens is 3. The van der Waals surface area contributed by atoms with Gasteiger partial charge < -0.3 is 5.32 Å². The molecule has 1 amide bonds. The maximum absolute atomic E-state index is 12.2. The molecule has 0 radical (unpaired) electrons. The number of benzene rings is 1. The zero-order valence-electron chi connectivity index (χ0n) is 12.3. The summed E-state index contributed by atoms with van der Waals surface area (Å²) in [7, 11) is 0. The Labute approximate surface area is 130 Å². The number of rotatable bonds is 4. The standard InChI is InChI=1S/C15H13N5O3/c1-10-6-14(12-4-2-3-5-13(12)17-10)18-15(21)9-19-8-11(7-16-19)20(22)23/h2-8H,9H2,1H3,(H,17,18,21). The second-order valence-electron chi connectivity index (χ2n) is 5.03. The number of anilines is 1. The topological polar surface area (TPSA) is 103 Å². The molecule has 0 aliphatic rings. The van der Waals surface area contributed by atoms with Gasteiger partial charge in [-0.25, -0.2) is 0 Å². The van der Waals surface area contributed by atoms with Crippen LogP contribution in [0.3, 0.4) is 0 Å². The lowest BCUT2D eigenvalue weighted by Crippen LogP contribution is -2.19. The first-order valence-corrected chi connectivity index (χ1v) is 6.86. The van der Waals surface area contributed by atoms with Gasteiger partial charge in [-0.2, -0.15) is 5.10 Å². The van der Waals surface area contributed by atoms with E-state index in [1.54, 1.807) is 6.07 Å². The Kier molecular flexibility index (Phi) is 3.71. The molecule has 8 heteroatoms. The first kappa shape index (κ1) is 14.6. The van der Waals surface area contributed by atoms with E-state index in [1.165, 1.54) is 10.9 Å². The average Bonchev–Trinajstić information content (AvgIpc) is 2.95. The van der Waals surface area contributed by atoms with E-state index in [0.29, 0.717) is 5.69 Å². The van der Waals surface area contributed by atoms with E-state index in [0.717, 1.165) is 22.8 Å². The molecule has 8 nitrogen and oxygen atoms in total. The third-order valence-electron chi connectivity index (χ3n) is 3.25. The highest BCUT2D eigenvalue weighted by Gasteiger charge is 2.12. The van der Waals surface area contributed by atoms with Crippen LogP contribution in [0.15, 0.2) is 42.7 Å². The number of nitrogens with one attached hydrogen (secondary N) is 1. The number of para-hydroxylation sites is 1.